The molecule has 0 saturated carbocycles. The van der Waals surface area contributed by atoms with E-state index in [1.807, 2.05) is 18.2 Å². The summed E-state index contributed by atoms with van der Waals surface area (Å²) in [4.78, 5) is 15.6. The van der Waals surface area contributed by atoms with Gasteiger partial charge in [-0.05, 0) is 23.9 Å². The van der Waals surface area contributed by atoms with E-state index < -0.39 is 0 Å². The number of ether oxygens (including phenoxy) is 1. The molecule has 0 unspecified atom stereocenters. The number of rotatable bonds is 3. The maximum Gasteiger partial charge on any atom is 0.172 e. The third-order valence-electron chi connectivity index (χ3n) is 2.48. The van der Waals surface area contributed by atoms with Crippen molar-refractivity contribution < 1.29 is 4.74 Å². The van der Waals surface area contributed by atoms with Gasteiger partial charge < -0.3 is 9.72 Å². The molecule has 0 aliphatic carbocycles. The first-order valence-electron chi connectivity index (χ1n) is 5.44. The molecule has 0 bridgehead atoms. The number of imidazole rings is 1. The van der Waals surface area contributed by atoms with Crippen molar-refractivity contribution in [2.45, 2.75) is 10.2 Å². The number of nitrogens with zero attached hydrogens (tertiary/aromatic N) is 3. The summed E-state index contributed by atoms with van der Waals surface area (Å²) in [5.74, 6) is 0.790. The van der Waals surface area contributed by atoms with Crippen molar-refractivity contribution in [1.82, 2.24) is 19.9 Å². The minimum Gasteiger partial charge on any atom is -0.497 e. The third kappa shape index (κ3) is 2.64. The molecule has 0 atom stereocenters. The molecule has 0 aliphatic rings. The summed E-state index contributed by atoms with van der Waals surface area (Å²) < 4.78 is 5.17. The molecule has 7 heteroatoms. The summed E-state index contributed by atoms with van der Waals surface area (Å²) in [6.07, 6.45) is 1.43. The Hall–Kier alpha value is -1.79. The summed E-state index contributed by atoms with van der Waals surface area (Å²) in [5, 5.41) is 1.90. The summed E-state index contributed by atoms with van der Waals surface area (Å²) in [5.41, 5.74) is 1.80. The van der Waals surface area contributed by atoms with Gasteiger partial charge >= 0.3 is 0 Å². The lowest BCUT2D eigenvalue weighted by molar-refractivity contribution is 0.415. The van der Waals surface area contributed by atoms with Gasteiger partial charge in [0, 0.05) is 12.1 Å². The highest BCUT2D eigenvalue weighted by molar-refractivity contribution is 7.99. The second-order valence-corrected chi connectivity index (χ2v) is 5.10. The zero-order chi connectivity index (χ0) is 13.2. The number of methoxy groups -OCH3 is 1. The normalized spacial score (nSPS) is 10.8. The topological polar surface area (TPSA) is 63.7 Å². The van der Waals surface area contributed by atoms with E-state index in [1.165, 1.54) is 18.1 Å². The van der Waals surface area contributed by atoms with Crippen molar-refractivity contribution in [2.24, 2.45) is 0 Å². The van der Waals surface area contributed by atoms with Crippen molar-refractivity contribution in [2.75, 3.05) is 7.11 Å². The Morgan fingerprint density at radius 2 is 2.16 bits per heavy atom. The summed E-state index contributed by atoms with van der Waals surface area (Å²) in [6.45, 7) is 0. The van der Waals surface area contributed by atoms with Crippen LogP contribution in [0.2, 0.25) is 5.15 Å². The minimum atomic E-state index is 0.412. The van der Waals surface area contributed by atoms with Gasteiger partial charge in [-0.2, -0.15) is 0 Å². The maximum atomic E-state index is 5.82. The average Bonchev–Trinajstić information content (AvgIpc) is 2.79. The van der Waals surface area contributed by atoms with Crippen LogP contribution in [0.4, 0.5) is 0 Å². The monoisotopic (exact) mass is 292 g/mol. The quantitative estimate of drug-likeness (QED) is 0.751. The SMILES string of the molecule is COc1ccc2nc(Sc3cc(Cl)ncn3)[nH]c2c1. The molecule has 19 heavy (non-hydrogen) atoms. The van der Waals surface area contributed by atoms with Crippen LogP contribution in [0.25, 0.3) is 11.0 Å². The van der Waals surface area contributed by atoms with Crippen LogP contribution < -0.4 is 4.74 Å². The fourth-order valence-corrected chi connectivity index (χ4v) is 2.60. The molecular formula is C12H9ClN4OS. The zero-order valence-corrected chi connectivity index (χ0v) is 11.5. The van der Waals surface area contributed by atoms with Gasteiger partial charge in [-0.1, -0.05) is 11.6 Å². The molecule has 0 radical (unpaired) electrons. The first-order chi connectivity index (χ1) is 9.24. The van der Waals surface area contributed by atoms with E-state index in [0.29, 0.717) is 5.15 Å². The Bertz CT molecular complexity index is 731. The van der Waals surface area contributed by atoms with Crippen molar-refractivity contribution in [1.29, 1.82) is 0 Å². The molecule has 2 heterocycles. The number of hydrogen-bond acceptors (Lipinski definition) is 5. The van der Waals surface area contributed by atoms with Crippen molar-refractivity contribution >= 4 is 34.4 Å². The van der Waals surface area contributed by atoms with Gasteiger partial charge in [-0.25, -0.2) is 15.0 Å². The number of hydrogen-bond donors (Lipinski definition) is 1. The van der Waals surface area contributed by atoms with Crippen molar-refractivity contribution in [3.63, 3.8) is 0 Å². The molecule has 0 aliphatic heterocycles. The predicted molar refractivity (Wildman–Crippen MR) is 73.8 cm³/mol. The second-order valence-electron chi connectivity index (χ2n) is 3.71. The number of benzene rings is 1. The molecule has 0 spiro atoms. The van der Waals surface area contributed by atoms with Crippen LogP contribution >= 0.6 is 23.4 Å². The van der Waals surface area contributed by atoms with E-state index in [-0.39, 0.29) is 0 Å². The lowest BCUT2D eigenvalue weighted by atomic mass is 10.3. The van der Waals surface area contributed by atoms with Crippen LogP contribution in [0, 0.1) is 0 Å². The number of nitrogens with one attached hydrogen (secondary N) is 1. The second kappa shape index (κ2) is 5.07. The van der Waals surface area contributed by atoms with Crippen LogP contribution in [0.3, 0.4) is 0 Å². The number of aromatic nitrogens is 4. The molecule has 96 valence electrons. The standard InChI is InChI=1S/C12H9ClN4OS/c1-18-7-2-3-8-9(4-7)17-12(16-8)19-11-5-10(13)14-6-15-11/h2-6H,1H3,(H,16,17). The van der Waals surface area contributed by atoms with Gasteiger partial charge in [0.05, 0.1) is 18.1 Å². The summed E-state index contributed by atoms with van der Waals surface area (Å²) in [7, 11) is 1.64. The Labute approximate surface area is 118 Å². The molecular weight excluding hydrogens is 284 g/mol. The first kappa shape index (κ1) is 12.3. The van der Waals surface area contributed by atoms with Crippen LogP contribution in [0.15, 0.2) is 40.8 Å². The first-order valence-corrected chi connectivity index (χ1v) is 6.63. The molecule has 0 saturated heterocycles. The Morgan fingerprint density at radius 1 is 1.26 bits per heavy atom. The molecule has 0 fully saturated rings. The molecule has 0 amide bonds. The Morgan fingerprint density at radius 3 is 2.95 bits per heavy atom. The van der Waals surface area contributed by atoms with Crippen molar-refractivity contribution in [3.8, 4) is 5.75 Å². The van der Waals surface area contributed by atoms with Crippen LogP contribution in [0.5, 0.6) is 5.75 Å². The van der Waals surface area contributed by atoms with Gasteiger partial charge in [0.2, 0.25) is 0 Å². The zero-order valence-electron chi connectivity index (χ0n) is 9.92. The van der Waals surface area contributed by atoms with E-state index in [1.54, 1.807) is 13.2 Å². The Kier molecular flexibility index (Phi) is 3.27. The number of H-pyrrole nitrogens is 1. The van der Waals surface area contributed by atoms with Crippen LogP contribution in [0.1, 0.15) is 0 Å². The lowest BCUT2D eigenvalue weighted by Crippen LogP contribution is -1.83. The largest absolute Gasteiger partial charge is 0.497 e. The van der Waals surface area contributed by atoms with Gasteiger partial charge in [-0.3, -0.25) is 0 Å². The lowest BCUT2D eigenvalue weighted by Gasteiger charge is -1.96. The number of fused-ring (bicyclic) bond motifs is 1. The molecule has 3 rings (SSSR count). The van der Waals surface area contributed by atoms with Gasteiger partial charge in [0.1, 0.15) is 22.3 Å². The highest BCUT2D eigenvalue weighted by Crippen LogP contribution is 2.27. The van der Waals surface area contributed by atoms with E-state index in [2.05, 4.69) is 19.9 Å². The van der Waals surface area contributed by atoms with Gasteiger partial charge in [0.25, 0.3) is 0 Å². The van der Waals surface area contributed by atoms with Crippen LogP contribution in [-0.2, 0) is 0 Å². The maximum absolute atomic E-state index is 5.82. The van der Waals surface area contributed by atoms with E-state index in [4.69, 9.17) is 16.3 Å². The number of aromatic amines is 1. The molecule has 1 N–H and O–H groups in total. The Balaban J connectivity index is 1.93. The molecule has 1 aromatic carbocycles. The van der Waals surface area contributed by atoms with E-state index in [9.17, 15) is 0 Å². The highest BCUT2D eigenvalue weighted by Gasteiger charge is 2.07. The smallest absolute Gasteiger partial charge is 0.172 e. The highest BCUT2D eigenvalue weighted by atomic mass is 35.5. The summed E-state index contributed by atoms with van der Waals surface area (Å²) >= 11 is 7.22. The predicted octanol–water partition coefficient (Wildman–Crippen LogP) is 3.17. The number of halogens is 1. The van der Waals surface area contributed by atoms with Crippen molar-refractivity contribution in [3.05, 3.63) is 35.7 Å². The fraction of sp³-hybridized carbons (Fsp3) is 0.0833. The van der Waals surface area contributed by atoms with E-state index >= 15 is 0 Å². The van der Waals surface area contributed by atoms with E-state index in [0.717, 1.165) is 27.0 Å². The van der Waals surface area contributed by atoms with Crippen LogP contribution in [-0.4, -0.2) is 27.0 Å². The molecule has 3 aromatic rings. The minimum absolute atomic E-state index is 0.412. The van der Waals surface area contributed by atoms with Gasteiger partial charge in [0.15, 0.2) is 5.16 Å². The average molecular weight is 293 g/mol. The summed E-state index contributed by atoms with van der Waals surface area (Å²) in [6, 6.07) is 7.38. The third-order valence-corrected chi connectivity index (χ3v) is 3.50. The molecule has 2 aromatic heterocycles. The molecule has 5 nitrogen and oxygen atoms in total. The van der Waals surface area contributed by atoms with Gasteiger partial charge in [-0.15, -0.1) is 0 Å². The fourth-order valence-electron chi connectivity index (χ4n) is 1.61.